The van der Waals surface area contributed by atoms with Crippen LogP contribution < -0.4 is 10.5 Å². The largest absolute Gasteiger partial charge is 0.573 e. The summed E-state index contributed by atoms with van der Waals surface area (Å²) in [4.78, 5) is 0. The molecule has 0 heterocycles. The van der Waals surface area contributed by atoms with Crippen molar-refractivity contribution < 1.29 is 28.1 Å². The van der Waals surface area contributed by atoms with Crippen molar-refractivity contribution in [2.45, 2.75) is 12.4 Å². The Kier molecular flexibility index (Phi) is 5.51. The highest BCUT2D eigenvalue weighted by Gasteiger charge is 2.31. The second-order valence-electron chi connectivity index (χ2n) is 4.34. The Bertz CT molecular complexity index is 632. The zero-order valence-electron chi connectivity index (χ0n) is 11.0. The molecule has 0 bridgehead atoms. The zero-order valence-corrected chi connectivity index (χ0v) is 11.9. The molecular formula is C14H13ClF3NO3. The molecule has 0 spiro atoms. The van der Waals surface area contributed by atoms with Gasteiger partial charge in [-0.15, -0.1) is 25.6 Å². The lowest BCUT2D eigenvalue weighted by molar-refractivity contribution is -0.274. The summed E-state index contributed by atoms with van der Waals surface area (Å²) >= 11 is 0. The van der Waals surface area contributed by atoms with Crippen LogP contribution in [0.5, 0.6) is 17.2 Å². The maximum atomic E-state index is 12.0. The highest BCUT2D eigenvalue weighted by atomic mass is 35.5. The quantitative estimate of drug-likeness (QED) is 0.751. The molecule has 120 valence electrons. The molecule has 1 atom stereocenters. The molecule has 22 heavy (non-hydrogen) atoms. The predicted molar refractivity (Wildman–Crippen MR) is 76.2 cm³/mol. The first-order valence-corrected chi connectivity index (χ1v) is 5.89. The van der Waals surface area contributed by atoms with E-state index in [2.05, 4.69) is 4.74 Å². The van der Waals surface area contributed by atoms with Crippen LogP contribution in [0.4, 0.5) is 13.2 Å². The van der Waals surface area contributed by atoms with E-state index in [-0.39, 0.29) is 29.7 Å². The third-order valence-electron chi connectivity index (χ3n) is 2.83. The van der Waals surface area contributed by atoms with Crippen molar-refractivity contribution in [2.75, 3.05) is 0 Å². The van der Waals surface area contributed by atoms with E-state index in [9.17, 15) is 23.4 Å². The summed E-state index contributed by atoms with van der Waals surface area (Å²) in [5.41, 5.74) is 7.00. The number of aromatic hydroxyl groups is 2. The lowest BCUT2D eigenvalue weighted by Gasteiger charge is -2.14. The second-order valence-corrected chi connectivity index (χ2v) is 4.34. The molecule has 0 amide bonds. The van der Waals surface area contributed by atoms with Crippen LogP contribution in [0.2, 0.25) is 0 Å². The van der Waals surface area contributed by atoms with Crippen LogP contribution in [0.1, 0.15) is 17.2 Å². The van der Waals surface area contributed by atoms with Gasteiger partial charge in [-0.1, -0.05) is 18.2 Å². The first-order chi connectivity index (χ1) is 9.76. The zero-order chi connectivity index (χ0) is 15.6. The standard InChI is InChI=1S/C14H12F3NO3.ClH/c15-14(16,17)21-10-4-1-8(2-5-10)13(18)9-3-6-11(19)12(20)7-9;/h1-7,13,19-20H,18H2;1H/t13-;/m1./s1. The van der Waals surface area contributed by atoms with Crippen molar-refractivity contribution in [3.8, 4) is 17.2 Å². The number of hydrogen-bond acceptors (Lipinski definition) is 4. The second kappa shape index (κ2) is 6.76. The van der Waals surface area contributed by atoms with Gasteiger partial charge in [-0.05, 0) is 35.4 Å². The topological polar surface area (TPSA) is 75.7 Å². The summed E-state index contributed by atoms with van der Waals surface area (Å²) in [6.45, 7) is 0. The molecule has 0 unspecified atom stereocenters. The number of hydrogen-bond donors (Lipinski definition) is 3. The first kappa shape index (κ1) is 17.9. The van der Waals surface area contributed by atoms with E-state index in [4.69, 9.17) is 5.73 Å². The van der Waals surface area contributed by atoms with Gasteiger partial charge in [0.2, 0.25) is 0 Å². The van der Waals surface area contributed by atoms with Crippen molar-refractivity contribution in [3.63, 3.8) is 0 Å². The van der Waals surface area contributed by atoms with E-state index in [1.807, 2.05) is 0 Å². The fraction of sp³-hybridized carbons (Fsp3) is 0.143. The lowest BCUT2D eigenvalue weighted by Crippen LogP contribution is -2.17. The minimum absolute atomic E-state index is 0. The van der Waals surface area contributed by atoms with E-state index < -0.39 is 12.4 Å². The van der Waals surface area contributed by atoms with Gasteiger partial charge in [-0.25, -0.2) is 0 Å². The van der Waals surface area contributed by atoms with Gasteiger partial charge in [0.25, 0.3) is 0 Å². The molecule has 4 N–H and O–H groups in total. The number of benzene rings is 2. The minimum atomic E-state index is -4.74. The van der Waals surface area contributed by atoms with Gasteiger partial charge in [0.1, 0.15) is 5.75 Å². The minimum Gasteiger partial charge on any atom is -0.504 e. The molecule has 0 aliphatic carbocycles. The molecule has 0 aliphatic heterocycles. The van der Waals surface area contributed by atoms with E-state index in [1.165, 1.54) is 30.3 Å². The highest BCUT2D eigenvalue weighted by molar-refractivity contribution is 5.85. The molecule has 4 nitrogen and oxygen atoms in total. The Morgan fingerprint density at radius 3 is 1.95 bits per heavy atom. The molecule has 8 heteroatoms. The smallest absolute Gasteiger partial charge is 0.504 e. The maximum absolute atomic E-state index is 12.0. The molecular weight excluding hydrogens is 323 g/mol. The van der Waals surface area contributed by atoms with Gasteiger partial charge in [-0.3, -0.25) is 0 Å². The third-order valence-corrected chi connectivity index (χ3v) is 2.83. The number of alkyl halides is 3. The Morgan fingerprint density at radius 1 is 0.909 bits per heavy atom. The maximum Gasteiger partial charge on any atom is 0.573 e. The lowest BCUT2D eigenvalue weighted by atomic mass is 9.99. The Morgan fingerprint density at radius 2 is 1.45 bits per heavy atom. The molecule has 2 aromatic rings. The predicted octanol–water partition coefficient (Wildman–Crippen LogP) is 3.47. The Balaban J connectivity index is 0.00000242. The van der Waals surface area contributed by atoms with Crippen molar-refractivity contribution in [2.24, 2.45) is 5.73 Å². The highest BCUT2D eigenvalue weighted by Crippen LogP contribution is 2.30. The summed E-state index contributed by atoms with van der Waals surface area (Å²) in [7, 11) is 0. The normalized spacial score (nSPS) is 12.4. The molecule has 0 saturated heterocycles. The van der Waals surface area contributed by atoms with E-state index in [1.54, 1.807) is 0 Å². The van der Waals surface area contributed by atoms with Crippen LogP contribution in [-0.4, -0.2) is 16.6 Å². The van der Waals surface area contributed by atoms with Crippen LogP contribution in [0.25, 0.3) is 0 Å². The summed E-state index contributed by atoms with van der Waals surface area (Å²) in [5.74, 6) is -0.938. The van der Waals surface area contributed by atoms with Crippen LogP contribution in [0, 0.1) is 0 Å². The van der Waals surface area contributed by atoms with Crippen LogP contribution in [-0.2, 0) is 0 Å². The van der Waals surface area contributed by atoms with Crippen molar-refractivity contribution >= 4 is 12.4 Å². The fourth-order valence-corrected chi connectivity index (χ4v) is 1.80. The first-order valence-electron chi connectivity index (χ1n) is 5.89. The van der Waals surface area contributed by atoms with E-state index in [0.717, 1.165) is 12.1 Å². The number of phenols is 2. The van der Waals surface area contributed by atoms with E-state index in [0.29, 0.717) is 11.1 Å². The number of nitrogens with two attached hydrogens (primary N) is 1. The molecule has 2 rings (SSSR count). The van der Waals surface area contributed by atoms with Gasteiger partial charge in [-0.2, -0.15) is 0 Å². The van der Waals surface area contributed by atoms with Crippen LogP contribution in [0.15, 0.2) is 42.5 Å². The third kappa shape index (κ3) is 4.44. The van der Waals surface area contributed by atoms with Crippen molar-refractivity contribution in [1.29, 1.82) is 0 Å². The Labute approximate surface area is 130 Å². The molecule has 0 fully saturated rings. The van der Waals surface area contributed by atoms with Gasteiger partial charge >= 0.3 is 6.36 Å². The number of halogens is 4. The summed E-state index contributed by atoms with van der Waals surface area (Å²) < 4.78 is 39.9. The van der Waals surface area contributed by atoms with Crippen molar-refractivity contribution in [1.82, 2.24) is 0 Å². The number of rotatable bonds is 3. The SMILES string of the molecule is Cl.N[C@H](c1ccc(OC(F)(F)F)cc1)c1ccc(O)c(O)c1. The average molecular weight is 336 g/mol. The van der Waals surface area contributed by atoms with Gasteiger partial charge in [0.15, 0.2) is 11.5 Å². The van der Waals surface area contributed by atoms with Crippen molar-refractivity contribution in [3.05, 3.63) is 53.6 Å². The molecule has 0 radical (unpaired) electrons. The molecule has 2 aromatic carbocycles. The van der Waals surface area contributed by atoms with Gasteiger partial charge in [0.05, 0.1) is 6.04 Å². The summed E-state index contributed by atoms with van der Waals surface area (Å²) in [6, 6.07) is 8.54. The number of phenolic OH excluding ortho intramolecular Hbond substituents is 2. The molecule has 0 aromatic heterocycles. The van der Waals surface area contributed by atoms with Crippen LogP contribution >= 0.6 is 12.4 Å². The fourth-order valence-electron chi connectivity index (χ4n) is 1.80. The summed E-state index contributed by atoms with van der Waals surface area (Å²) in [5, 5.41) is 18.6. The molecule has 0 aliphatic rings. The Hall–Kier alpha value is -2.12. The van der Waals surface area contributed by atoms with Crippen LogP contribution in [0.3, 0.4) is 0 Å². The van der Waals surface area contributed by atoms with E-state index >= 15 is 0 Å². The summed E-state index contributed by atoms with van der Waals surface area (Å²) in [6.07, 6.45) is -4.74. The monoisotopic (exact) mass is 335 g/mol. The molecule has 0 saturated carbocycles. The van der Waals surface area contributed by atoms with Gasteiger partial charge in [0, 0.05) is 0 Å². The number of ether oxygens (including phenoxy) is 1. The average Bonchev–Trinajstić information content (AvgIpc) is 2.40. The van der Waals surface area contributed by atoms with Gasteiger partial charge < -0.3 is 20.7 Å².